The summed E-state index contributed by atoms with van der Waals surface area (Å²) in [5, 5.41) is 8.67. The molecular weight excluding hydrogens is 569 g/mol. The standard InChI is InChI=1S/C29H31F3N6O3S/c1-2-38-28-20(16-7-9-17(10-8-16)35-18-14-41-15-18)13-34-29(33)26(28)27(36-38)19-11-23(32)24(12-22(19)31)37-42(39,40)25-6-4-3-5-21(25)30/h3-6,11-13,16-18,35,37H,2,7-10,14-15H2,1H3,(H2,33,34)/t16-,17-. The third-order valence-electron chi connectivity index (χ3n) is 8.08. The molecule has 2 aromatic carbocycles. The predicted molar refractivity (Wildman–Crippen MR) is 153 cm³/mol. The number of ether oxygens (including phenoxy) is 1. The number of benzene rings is 2. The molecule has 6 rings (SSSR count). The summed E-state index contributed by atoms with van der Waals surface area (Å²) in [4.78, 5) is 3.73. The molecule has 3 heterocycles. The highest BCUT2D eigenvalue weighted by Crippen LogP contribution is 2.41. The van der Waals surface area contributed by atoms with E-state index in [1.54, 1.807) is 10.9 Å². The summed E-state index contributed by atoms with van der Waals surface area (Å²) < 4.78 is 79.3. The number of hydrogen-bond acceptors (Lipinski definition) is 7. The van der Waals surface area contributed by atoms with Gasteiger partial charge in [0.1, 0.15) is 33.9 Å². The quantitative estimate of drug-likeness (QED) is 0.262. The summed E-state index contributed by atoms with van der Waals surface area (Å²) in [6, 6.07) is 7.06. The number of nitrogens with one attached hydrogen (secondary N) is 2. The minimum Gasteiger partial charge on any atom is -0.383 e. The van der Waals surface area contributed by atoms with Crippen molar-refractivity contribution in [1.82, 2.24) is 20.1 Å². The van der Waals surface area contributed by atoms with Gasteiger partial charge in [0, 0.05) is 30.4 Å². The molecule has 4 aromatic rings. The van der Waals surface area contributed by atoms with E-state index < -0.39 is 38.1 Å². The Hall–Kier alpha value is -3.68. The molecule has 2 fully saturated rings. The Labute approximate surface area is 241 Å². The molecule has 1 aliphatic heterocycles. The maximum Gasteiger partial charge on any atom is 0.264 e. The van der Waals surface area contributed by atoms with E-state index in [4.69, 9.17) is 10.5 Å². The van der Waals surface area contributed by atoms with E-state index in [0.717, 1.165) is 74.2 Å². The Kier molecular flexibility index (Phi) is 7.58. The summed E-state index contributed by atoms with van der Waals surface area (Å²) in [5.41, 5.74) is 7.25. The molecule has 9 nitrogen and oxygen atoms in total. The van der Waals surface area contributed by atoms with Crippen LogP contribution in [0.4, 0.5) is 24.7 Å². The number of nitrogen functional groups attached to an aromatic ring is 1. The first kappa shape index (κ1) is 28.4. The lowest BCUT2D eigenvalue weighted by molar-refractivity contribution is -0.0121. The maximum atomic E-state index is 15.6. The number of fused-ring (bicyclic) bond motifs is 1. The molecule has 2 aromatic heterocycles. The summed E-state index contributed by atoms with van der Waals surface area (Å²) in [7, 11) is -4.52. The van der Waals surface area contributed by atoms with Crippen LogP contribution >= 0.6 is 0 Å². The lowest BCUT2D eigenvalue weighted by Gasteiger charge is -2.35. The van der Waals surface area contributed by atoms with Gasteiger partial charge in [0.05, 0.1) is 35.8 Å². The van der Waals surface area contributed by atoms with Crippen molar-refractivity contribution in [1.29, 1.82) is 0 Å². The monoisotopic (exact) mass is 600 g/mol. The minimum atomic E-state index is -4.52. The average Bonchev–Trinajstić information content (AvgIpc) is 3.34. The fraction of sp³-hybridized carbons (Fsp3) is 0.379. The van der Waals surface area contributed by atoms with E-state index in [1.807, 2.05) is 11.6 Å². The zero-order chi connectivity index (χ0) is 29.6. The fourth-order valence-corrected chi connectivity index (χ4v) is 7.02. The number of aromatic nitrogens is 3. The predicted octanol–water partition coefficient (Wildman–Crippen LogP) is 4.93. The zero-order valence-corrected chi connectivity index (χ0v) is 23.7. The van der Waals surface area contributed by atoms with E-state index >= 15 is 8.78 Å². The molecule has 1 aliphatic carbocycles. The van der Waals surface area contributed by atoms with Crippen molar-refractivity contribution >= 4 is 32.4 Å². The SMILES string of the molecule is CCn1nc(-c2cc(F)c(NS(=O)(=O)c3ccccc3F)cc2F)c2c(N)ncc([C@H]3CC[C@H](NC4COC4)CC3)c21. The second kappa shape index (κ2) is 11.2. The number of anilines is 2. The van der Waals surface area contributed by atoms with Gasteiger partial charge in [-0.1, -0.05) is 12.1 Å². The van der Waals surface area contributed by atoms with Crippen LogP contribution in [0.2, 0.25) is 0 Å². The highest BCUT2D eigenvalue weighted by Gasteiger charge is 2.30. The third kappa shape index (κ3) is 5.20. The van der Waals surface area contributed by atoms with Crippen LogP contribution in [0.25, 0.3) is 22.2 Å². The van der Waals surface area contributed by atoms with Crippen LogP contribution in [-0.4, -0.2) is 48.5 Å². The normalized spacial score (nSPS) is 19.6. The maximum absolute atomic E-state index is 15.6. The van der Waals surface area contributed by atoms with Crippen molar-refractivity contribution in [2.45, 2.75) is 62.0 Å². The van der Waals surface area contributed by atoms with Crippen molar-refractivity contribution in [3.05, 3.63) is 65.6 Å². The van der Waals surface area contributed by atoms with Crippen LogP contribution in [0.3, 0.4) is 0 Å². The molecule has 222 valence electrons. The lowest BCUT2D eigenvalue weighted by Crippen LogP contribution is -2.51. The summed E-state index contributed by atoms with van der Waals surface area (Å²) >= 11 is 0. The van der Waals surface area contributed by atoms with Crippen LogP contribution in [0.1, 0.15) is 44.1 Å². The molecule has 0 atom stereocenters. The first-order valence-corrected chi connectivity index (χ1v) is 15.4. The molecular formula is C29H31F3N6O3S. The smallest absolute Gasteiger partial charge is 0.264 e. The van der Waals surface area contributed by atoms with Crippen molar-refractivity contribution in [3.63, 3.8) is 0 Å². The third-order valence-corrected chi connectivity index (χ3v) is 9.48. The van der Waals surface area contributed by atoms with Gasteiger partial charge < -0.3 is 15.8 Å². The van der Waals surface area contributed by atoms with Gasteiger partial charge in [-0.3, -0.25) is 9.40 Å². The number of sulfonamides is 1. The molecule has 0 bridgehead atoms. The zero-order valence-electron chi connectivity index (χ0n) is 22.9. The van der Waals surface area contributed by atoms with Crippen LogP contribution < -0.4 is 15.8 Å². The van der Waals surface area contributed by atoms with Gasteiger partial charge in [0.2, 0.25) is 0 Å². The van der Waals surface area contributed by atoms with Crippen LogP contribution in [-0.2, 0) is 21.3 Å². The van der Waals surface area contributed by atoms with Gasteiger partial charge in [0.25, 0.3) is 10.0 Å². The van der Waals surface area contributed by atoms with E-state index in [9.17, 15) is 12.8 Å². The Balaban J connectivity index is 1.34. The van der Waals surface area contributed by atoms with Crippen LogP contribution in [0.5, 0.6) is 0 Å². The Morgan fingerprint density at radius 1 is 1.02 bits per heavy atom. The molecule has 4 N–H and O–H groups in total. The van der Waals surface area contributed by atoms with Gasteiger partial charge in [-0.2, -0.15) is 5.10 Å². The molecule has 42 heavy (non-hydrogen) atoms. The first-order chi connectivity index (χ1) is 20.2. The average molecular weight is 601 g/mol. The van der Waals surface area contributed by atoms with Gasteiger partial charge in [-0.15, -0.1) is 0 Å². The highest BCUT2D eigenvalue weighted by molar-refractivity contribution is 7.92. The summed E-state index contributed by atoms with van der Waals surface area (Å²) in [6.07, 6.45) is 5.59. The largest absolute Gasteiger partial charge is 0.383 e. The van der Waals surface area contributed by atoms with Crippen molar-refractivity contribution in [2.24, 2.45) is 0 Å². The highest BCUT2D eigenvalue weighted by atomic mass is 32.2. The second-order valence-electron chi connectivity index (χ2n) is 10.8. The fourth-order valence-electron chi connectivity index (χ4n) is 5.88. The van der Waals surface area contributed by atoms with Gasteiger partial charge in [-0.25, -0.2) is 26.6 Å². The minimum absolute atomic E-state index is 0.110. The Morgan fingerprint density at radius 2 is 1.76 bits per heavy atom. The molecule has 1 saturated carbocycles. The number of aryl methyl sites for hydroxylation is 1. The Morgan fingerprint density at radius 3 is 2.43 bits per heavy atom. The number of pyridine rings is 1. The van der Waals surface area contributed by atoms with Crippen molar-refractivity contribution < 1.29 is 26.3 Å². The molecule has 0 unspecified atom stereocenters. The molecule has 0 spiro atoms. The number of nitrogens with two attached hydrogens (primary N) is 1. The van der Waals surface area contributed by atoms with E-state index in [-0.39, 0.29) is 23.0 Å². The topological polar surface area (TPSA) is 124 Å². The number of nitrogens with zero attached hydrogens (tertiary/aromatic N) is 3. The van der Waals surface area contributed by atoms with Gasteiger partial charge in [0.15, 0.2) is 0 Å². The molecule has 2 aliphatic rings. The number of halogens is 3. The number of hydrogen-bond donors (Lipinski definition) is 3. The molecule has 1 saturated heterocycles. The van der Waals surface area contributed by atoms with Gasteiger partial charge >= 0.3 is 0 Å². The van der Waals surface area contributed by atoms with E-state index in [1.165, 1.54) is 12.1 Å². The van der Waals surface area contributed by atoms with Crippen molar-refractivity contribution in [2.75, 3.05) is 23.7 Å². The van der Waals surface area contributed by atoms with E-state index in [0.29, 0.717) is 24.0 Å². The molecule has 0 radical (unpaired) electrons. The lowest BCUT2D eigenvalue weighted by atomic mass is 9.81. The summed E-state index contributed by atoms with van der Waals surface area (Å²) in [5.74, 6) is -2.68. The molecule has 0 amide bonds. The van der Waals surface area contributed by atoms with E-state index in [2.05, 4.69) is 15.4 Å². The van der Waals surface area contributed by atoms with Crippen LogP contribution in [0, 0.1) is 17.5 Å². The number of rotatable bonds is 8. The van der Waals surface area contributed by atoms with Gasteiger partial charge in [-0.05, 0) is 62.3 Å². The first-order valence-electron chi connectivity index (χ1n) is 13.9. The second-order valence-corrected chi connectivity index (χ2v) is 12.4. The van der Waals surface area contributed by atoms with Crippen molar-refractivity contribution in [3.8, 4) is 11.3 Å². The van der Waals surface area contributed by atoms with Crippen LogP contribution in [0.15, 0.2) is 47.5 Å². The summed E-state index contributed by atoms with van der Waals surface area (Å²) in [6.45, 7) is 3.85. The Bertz CT molecular complexity index is 1750. The molecule has 13 heteroatoms.